The second-order valence-electron chi connectivity index (χ2n) is 7.30. The van der Waals surface area contributed by atoms with Crippen LogP contribution < -0.4 is 5.32 Å². The summed E-state index contributed by atoms with van der Waals surface area (Å²) in [6.45, 7) is 6.55. The van der Waals surface area contributed by atoms with E-state index in [4.69, 9.17) is 9.47 Å². The minimum Gasteiger partial charge on any atom is -0.480 e. The van der Waals surface area contributed by atoms with Crippen molar-refractivity contribution >= 4 is 23.9 Å². The zero-order valence-electron chi connectivity index (χ0n) is 17.1. The van der Waals surface area contributed by atoms with E-state index in [2.05, 4.69) is 5.32 Å². The highest BCUT2D eigenvalue weighted by atomic mass is 16.6. The number of rotatable bonds is 9. The number of carboxylic acid groups (broad SMARTS) is 1. The number of carbonyl (C=O) groups is 4. The van der Waals surface area contributed by atoms with Crippen LogP contribution in [0.3, 0.4) is 0 Å². The van der Waals surface area contributed by atoms with Gasteiger partial charge < -0.3 is 19.9 Å². The molecule has 0 aromatic heterocycles. The third-order valence-electron chi connectivity index (χ3n) is 3.61. The van der Waals surface area contributed by atoms with Gasteiger partial charge in [0.05, 0.1) is 6.42 Å². The van der Waals surface area contributed by atoms with E-state index in [9.17, 15) is 24.3 Å². The summed E-state index contributed by atoms with van der Waals surface area (Å²) in [4.78, 5) is 48.7. The first-order valence-electron chi connectivity index (χ1n) is 9.21. The predicted octanol–water partition coefficient (Wildman–Crippen LogP) is 1.95. The van der Waals surface area contributed by atoms with Gasteiger partial charge in [-0.05, 0) is 33.3 Å². The molecule has 9 heteroatoms. The second kappa shape index (κ2) is 11.0. The summed E-state index contributed by atoms with van der Waals surface area (Å²) >= 11 is 0. The molecular weight excluding hydrogens is 380 g/mol. The second-order valence-corrected chi connectivity index (χ2v) is 7.30. The summed E-state index contributed by atoms with van der Waals surface area (Å²) < 4.78 is 10.2. The minimum atomic E-state index is -1.47. The Morgan fingerprint density at radius 3 is 2.28 bits per heavy atom. The molecule has 0 aliphatic rings. The van der Waals surface area contributed by atoms with Gasteiger partial charge in [-0.25, -0.2) is 9.59 Å². The van der Waals surface area contributed by atoms with E-state index in [1.54, 1.807) is 52.0 Å². The van der Waals surface area contributed by atoms with E-state index < -0.39 is 48.5 Å². The molecule has 0 aliphatic heterocycles. The van der Waals surface area contributed by atoms with Gasteiger partial charge in [-0.1, -0.05) is 30.3 Å². The number of ether oxygens (including phenoxy) is 2. The van der Waals surface area contributed by atoms with E-state index in [1.165, 1.54) is 0 Å². The average Bonchev–Trinajstić information content (AvgIpc) is 2.63. The van der Waals surface area contributed by atoms with E-state index in [-0.39, 0.29) is 13.2 Å². The van der Waals surface area contributed by atoms with Crippen LogP contribution in [0.1, 0.15) is 39.7 Å². The molecular formula is C20H28N2O7. The Labute approximate surface area is 170 Å². The third kappa shape index (κ3) is 9.59. The molecule has 2 amide bonds. The van der Waals surface area contributed by atoms with Crippen molar-refractivity contribution in [1.82, 2.24) is 10.2 Å². The number of amides is 2. The topological polar surface area (TPSA) is 122 Å². The lowest BCUT2D eigenvalue weighted by molar-refractivity contribution is -0.151. The number of aliphatic carboxylic acids is 1. The molecule has 0 fully saturated rings. The highest BCUT2D eigenvalue weighted by molar-refractivity contribution is 5.89. The van der Waals surface area contributed by atoms with E-state index in [0.29, 0.717) is 0 Å². The quantitative estimate of drug-likeness (QED) is 0.599. The smallest absolute Gasteiger partial charge is 0.410 e. The lowest BCUT2D eigenvalue weighted by Crippen LogP contribution is -2.48. The van der Waals surface area contributed by atoms with E-state index in [1.807, 2.05) is 6.07 Å². The zero-order chi connectivity index (χ0) is 22.0. The number of carbonyl (C=O) groups excluding carboxylic acids is 3. The lowest BCUT2D eigenvalue weighted by atomic mass is 10.2. The van der Waals surface area contributed by atoms with Crippen LogP contribution in [0.5, 0.6) is 0 Å². The number of benzene rings is 1. The van der Waals surface area contributed by atoms with Crippen molar-refractivity contribution in [3.05, 3.63) is 35.9 Å². The van der Waals surface area contributed by atoms with Crippen LogP contribution in [0.15, 0.2) is 30.3 Å². The Kier molecular flexibility index (Phi) is 9.11. The number of hydrogen-bond acceptors (Lipinski definition) is 6. The number of nitrogens with zero attached hydrogens (tertiary/aromatic N) is 1. The van der Waals surface area contributed by atoms with Gasteiger partial charge in [0, 0.05) is 6.54 Å². The third-order valence-corrected chi connectivity index (χ3v) is 3.61. The van der Waals surface area contributed by atoms with Gasteiger partial charge in [0.25, 0.3) is 0 Å². The van der Waals surface area contributed by atoms with Crippen LogP contribution in [-0.2, 0) is 30.5 Å². The fraction of sp³-hybridized carbons (Fsp3) is 0.500. The largest absolute Gasteiger partial charge is 0.480 e. The first-order chi connectivity index (χ1) is 13.5. The fourth-order valence-electron chi connectivity index (χ4n) is 2.21. The van der Waals surface area contributed by atoms with Crippen molar-refractivity contribution in [3.8, 4) is 0 Å². The maximum Gasteiger partial charge on any atom is 0.410 e. The first-order valence-corrected chi connectivity index (χ1v) is 9.21. The van der Waals surface area contributed by atoms with Gasteiger partial charge in [0.2, 0.25) is 5.91 Å². The van der Waals surface area contributed by atoms with E-state index in [0.717, 1.165) is 10.5 Å². The average molecular weight is 408 g/mol. The number of esters is 1. The predicted molar refractivity (Wildman–Crippen MR) is 104 cm³/mol. The van der Waals surface area contributed by atoms with Gasteiger partial charge in [-0.3, -0.25) is 14.5 Å². The van der Waals surface area contributed by atoms with Gasteiger partial charge in [-0.2, -0.15) is 0 Å². The van der Waals surface area contributed by atoms with Crippen LogP contribution in [-0.4, -0.2) is 58.7 Å². The number of hydrogen-bond donors (Lipinski definition) is 2. The minimum absolute atomic E-state index is 0.00220. The summed E-state index contributed by atoms with van der Waals surface area (Å²) in [5, 5.41) is 11.5. The normalized spacial score (nSPS) is 11.9. The Morgan fingerprint density at radius 2 is 1.76 bits per heavy atom. The SMILES string of the molecule is CCN(CC(=O)N[C@@H](CC(=O)OCc1ccccc1)C(=O)O)C(=O)OC(C)(C)C. The van der Waals surface area contributed by atoms with Crippen molar-refractivity contribution in [3.63, 3.8) is 0 Å². The van der Waals surface area contributed by atoms with Gasteiger partial charge in [0.15, 0.2) is 0 Å². The van der Waals surface area contributed by atoms with Gasteiger partial charge in [-0.15, -0.1) is 0 Å². The summed E-state index contributed by atoms with van der Waals surface area (Å²) in [5.41, 5.74) is 0.0281. The van der Waals surface area contributed by atoms with Crippen LogP contribution in [0.2, 0.25) is 0 Å². The molecule has 2 N–H and O–H groups in total. The van der Waals surface area contributed by atoms with Crippen LogP contribution in [0.25, 0.3) is 0 Å². The Morgan fingerprint density at radius 1 is 1.14 bits per heavy atom. The molecule has 0 saturated carbocycles. The molecule has 29 heavy (non-hydrogen) atoms. The van der Waals surface area contributed by atoms with Crippen molar-refractivity contribution < 1.29 is 33.8 Å². The standard InChI is InChI=1S/C20H28N2O7/c1-5-22(19(27)29-20(2,3)4)12-16(23)21-15(18(25)26)11-17(24)28-13-14-9-7-6-8-10-14/h6-10,15H,5,11-13H2,1-4H3,(H,21,23)(H,25,26)/t15-/m0/s1. The molecule has 160 valence electrons. The maximum absolute atomic E-state index is 12.2. The van der Waals surface area contributed by atoms with Crippen molar-refractivity contribution in [1.29, 1.82) is 0 Å². The molecule has 0 bridgehead atoms. The molecule has 0 unspecified atom stereocenters. The highest BCUT2D eigenvalue weighted by Crippen LogP contribution is 2.10. The Bertz CT molecular complexity index is 713. The Balaban J connectivity index is 2.58. The molecule has 1 aromatic rings. The highest BCUT2D eigenvalue weighted by Gasteiger charge is 2.27. The molecule has 0 saturated heterocycles. The van der Waals surface area contributed by atoms with Crippen molar-refractivity contribution in [2.75, 3.05) is 13.1 Å². The maximum atomic E-state index is 12.2. The molecule has 0 radical (unpaired) electrons. The first kappa shape index (κ1) is 23.9. The monoisotopic (exact) mass is 408 g/mol. The van der Waals surface area contributed by atoms with E-state index >= 15 is 0 Å². The molecule has 0 spiro atoms. The van der Waals surface area contributed by atoms with Crippen LogP contribution >= 0.6 is 0 Å². The molecule has 1 atom stereocenters. The summed E-state index contributed by atoms with van der Waals surface area (Å²) in [6, 6.07) is 7.45. The lowest BCUT2D eigenvalue weighted by Gasteiger charge is -2.26. The molecule has 1 rings (SSSR count). The summed E-state index contributed by atoms with van der Waals surface area (Å²) in [5.74, 6) is -2.86. The molecule has 0 aliphatic carbocycles. The number of nitrogens with one attached hydrogen (secondary N) is 1. The Hall–Kier alpha value is -3.10. The van der Waals surface area contributed by atoms with Gasteiger partial charge in [0.1, 0.15) is 24.8 Å². The molecule has 0 heterocycles. The summed E-state index contributed by atoms with van der Waals surface area (Å²) in [6.07, 6.45) is -1.23. The van der Waals surface area contributed by atoms with Gasteiger partial charge >= 0.3 is 18.0 Å². The summed E-state index contributed by atoms with van der Waals surface area (Å²) in [7, 11) is 0. The molecule has 9 nitrogen and oxygen atoms in total. The van der Waals surface area contributed by atoms with Crippen molar-refractivity contribution in [2.24, 2.45) is 0 Å². The van der Waals surface area contributed by atoms with Crippen molar-refractivity contribution in [2.45, 2.75) is 52.4 Å². The molecule has 1 aromatic carbocycles. The number of likely N-dealkylation sites (N-methyl/N-ethyl adjacent to an activating group) is 1. The zero-order valence-corrected chi connectivity index (χ0v) is 17.1. The van der Waals surface area contributed by atoms with Crippen LogP contribution in [0.4, 0.5) is 4.79 Å². The fourth-order valence-corrected chi connectivity index (χ4v) is 2.21. The van der Waals surface area contributed by atoms with Crippen LogP contribution in [0, 0.1) is 0 Å². The number of carboxylic acids is 1.